The van der Waals surface area contributed by atoms with Gasteiger partial charge in [0.15, 0.2) is 0 Å². The molecule has 0 saturated carbocycles. The summed E-state index contributed by atoms with van der Waals surface area (Å²) in [5.74, 6) is -0.993. The van der Waals surface area contributed by atoms with E-state index in [0.29, 0.717) is 0 Å². The molecule has 0 N–H and O–H groups in total. The highest BCUT2D eigenvalue weighted by atomic mass is 32.2. The fraction of sp³-hybridized carbons (Fsp3) is 0.200. The second-order valence-electron chi connectivity index (χ2n) is 2.14. The van der Waals surface area contributed by atoms with Crippen LogP contribution in [-0.2, 0) is 10.1 Å². The maximum absolute atomic E-state index is 10.5. The van der Waals surface area contributed by atoms with E-state index in [1.54, 1.807) is 0 Å². The van der Waals surface area contributed by atoms with Crippen LogP contribution in [0.2, 0.25) is 0 Å². The lowest BCUT2D eigenvalue weighted by atomic mass is 10.6. The number of furan rings is 1. The zero-order valence-electron chi connectivity index (χ0n) is 6.46. The molecule has 0 aliphatic heterocycles. The number of nitrogens with zero attached hydrogens (tertiary/aromatic N) is 1. The molecule has 0 amide bonds. The van der Waals surface area contributed by atoms with Crippen molar-refractivity contribution in [1.82, 2.24) is 0 Å². The van der Waals surface area contributed by atoms with Crippen LogP contribution in [0, 0.1) is 10.1 Å². The van der Waals surface area contributed by atoms with Crippen molar-refractivity contribution in [2.24, 2.45) is 0 Å². The molecule has 0 aliphatic carbocycles. The first-order valence-electron chi connectivity index (χ1n) is 3.02. The Morgan fingerprint density at radius 3 is 2.54 bits per heavy atom. The van der Waals surface area contributed by atoms with Crippen LogP contribution >= 0.6 is 0 Å². The summed E-state index contributed by atoms with van der Waals surface area (Å²) in [6.07, 6.45) is 0.807. The summed E-state index contributed by atoms with van der Waals surface area (Å²) in [6.45, 7) is 0. The van der Waals surface area contributed by atoms with Crippen molar-refractivity contribution >= 4 is 16.0 Å². The molecular formula is C5H5NO6S. The van der Waals surface area contributed by atoms with Gasteiger partial charge in [-0.2, -0.15) is 8.42 Å². The maximum Gasteiger partial charge on any atom is 0.436 e. The first-order valence-corrected chi connectivity index (χ1v) is 4.84. The summed E-state index contributed by atoms with van der Waals surface area (Å²) >= 11 is 0. The van der Waals surface area contributed by atoms with E-state index in [1.165, 1.54) is 0 Å². The van der Waals surface area contributed by atoms with Gasteiger partial charge < -0.3 is 8.60 Å². The van der Waals surface area contributed by atoms with Crippen LogP contribution in [0.5, 0.6) is 5.95 Å². The van der Waals surface area contributed by atoms with Gasteiger partial charge >= 0.3 is 21.9 Å². The Bertz CT molecular complexity index is 418. The van der Waals surface area contributed by atoms with Crippen molar-refractivity contribution in [2.75, 3.05) is 6.26 Å². The largest absolute Gasteiger partial charge is 0.436 e. The van der Waals surface area contributed by atoms with E-state index in [9.17, 15) is 18.5 Å². The van der Waals surface area contributed by atoms with Gasteiger partial charge in [0.25, 0.3) is 0 Å². The van der Waals surface area contributed by atoms with Gasteiger partial charge in [-0.05, 0) is 0 Å². The first kappa shape index (κ1) is 9.52. The van der Waals surface area contributed by atoms with Crippen LogP contribution in [0.4, 0.5) is 5.88 Å². The molecule has 0 aliphatic rings. The summed E-state index contributed by atoms with van der Waals surface area (Å²) < 4.78 is 29.7. The van der Waals surface area contributed by atoms with Crippen LogP contribution in [0.15, 0.2) is 16.5 Å². The fourth-order valence-corrected chi connectivity index (χ4v) is 0.991. The number of rotatable bonds is 3. The van der Waals surface area contributed by atoms with E-state index in [2.05, 4.69) is 8.60 Å². The lowest BCUT2D eigenvalue weighted by molar-refractivity contribution is -0.402. The van der Waals surface area contributed by atoms with Crippen LogP contribution in [0.25, 0.3) is 0 Å². The number of hydrogen-bond donors (Lipinski definition) is 0. The molecule has 1 rings (SSSR count). The van der Waals surface area contributed by atoms with E-state index in [0.717, 1.165) is 18.4 Å². The Kier molecular flexibility index (Phi) is 2.24. The van der Waals surface area contributed by atoms with E-state index >= 15 is 0 Å². The molecule has 0 aromatic carbocycles. The predicted molar refractivity (Wildman–Crippen MR) is 40.8 cm³/mol. The average Bonchev–Trinajstić information content (AvgIpc) is 2.31. The Balaban J connectivity index is 2.87. The molecule has 0 fully saturated rings. The first-order chi connectivity index (χ1) is 5.88. The van der Waals surface area contributed by atoms with Crippen molar-refractivity contribution in [2.45, 2.75) is 0 Å². The molecule has 0 spiro atoms. The highest BCUT2D eigenvalue weighted by Gasteiger charge is 2.15. The predicted octanol–water partition coefficient (Wildman–Crippen LogP) is 0.526. The van der Waals surface area contributed by atoms with E-state index in [4.69, 9.17) is 0 Å². The topological polar surface area (TPSA) is 99.7 Å². The van der Waals surface area contributed by atoms with Crippen LogP contribution in [0.1, 0.15) is 0 Å². The summed E-state index contributed by atoms with van der Waals surface area (Å²) in [5, 5.41) is 10.1. The second kappa shape index (κ2) is 3.05. The molecule has 0 saturated heterocycles. The molecule has 1 heterocycles. The smallest absolute Gasteiger partial charge is 0.366 e. The van der Waals surface area contributed by atoms with Crippen molar-refractivity contribution in [1.29, 1.82) is 0 Å². The molecule has 1 aromatic heterocycles. The zero-order valence-corrected chi connectivity index (χ0v) is 7.28. The quantitative estimate of drug-likeness (QED) is 0.407. The van der Waals surface area contributed by atoms with Gasteiger partial charge in [0.05, 0.1) is 12.3 Å². The van der Waals surface area contributed by atoms with Crippen molar-refractivity contribution in [3.8, 4) is 5.95 Å². The average molecular weight is 207 g/mol. The molecule has 72 valence electrons. The van der Waals surface area contributed by atoms with Crippen LogP contribution < -0.4 is 4.18 Å². The molecule has 7 nitrogen and oxygen atoms in total. The monoisotopic (exact) mass is 207 g/mol. The molecule has 13 heavy (non-hydrogen) atoms. The Morgan fingerprint density at radius 2 is 2.15 bits per heavy atom. The molecule has 0 atom stereocenters. The van der Waals surface area contributed by atoms with Crippen molar-refractivity contribution < 1.29 is 21.9 Å². The zero-order chi connectivity index (χ0) is 10.1. The molecule has 1 aromatic rings. The van der Waals surface area contributed by atoms with E-state index in [-0.39, 0.29) is 0 Å². The lowest BCUT2D eigenvalue weighted by Gasteiger charge is -1.94. The number of nitro groups is 1. The van der Waals surface area contributed by atoms with E-state index < -0.39 is 26.9 Å². The SMILES string of the molecule is CS(=O)(=O)Oc1ccc([N+](=O)[O-])o1. The van der Waals surface area contributed by atoms with Gasteiger partial charge in [0.1, 0.15) is 4.92 Å². The Morgan fingerprint density at radius 1 is 1.54 bits per heavy atom. The lowest BCUT2D eigenvalue weighted by Crippen LogP contribution is -2.04. The second-order valence-corrected chi connectivity index (χ2v) is 3.71. The van der Waals surface area contributed by atoms with Crippen LogP contribution in [0.3, 0.4) is 0 Å². The molecule has 0 unspecified atom stereocenters. The highest BCUT2D eigenvalue weighted by Crippen LogP contribution is 2.22. The van der Waals surface area contributed by atoms with Crippen molar-refractivity contribution in [3.63, 3.8) is 0 Å². The molecule has 0 radical (unpaired) electrons. The third-order valence-electron chi connectivity index (χ3n) is 0.981. The summed E-state index contributed by atoms with van der Waals surface area (Å²) in [6, 6.07) is 2.06. The summed E-state index contributed by atoms with van der Waals surface area (Å²) in [7, 11) is -3.71. The molecule has 8 heteroatoms. The number of hydrogen-bond acceptors (Lipinski definition) is 6. The molecular weight excluding hydrogens is 202 g/mol. The minimum absolute atomic E-state index is 0.422. The van der Waals surface area contributed by atoms with Crippen molar-refractivity contribution in [3.05, 3.63) is 22.2 Å². The maximum atomic E-state index is 10.5. The minimum atomic E-state index is -3.71. The minimum Gasteiger partial charge on any atom is -0.366 e. The normalized spacial score (nSPS) is 11.2. The van der Waals surface area contributed by atoms with Crippen LogP contribution in [-0.4, -0.2) is 19.6 Å². The highest BCUT2D eigenvalue weighted by molar-refractivity contribution is 7.86. The van der Waals surface area contributed by atoms with Gasteiger partial charge in [-0.15, -0.1) is 0 Å². The van der Waals surface area contributed by atoms with Gasteiger partial charge in [-0.3, -0.25) is 10.1 Å². The standard InChI is InChI=1S/C5H5NO6S/c1-13(9,10)12-5-3-2-4(11-5)6(7)8/h2-3H,1H3. The van der Waals surface area contributed by atoms with Gasteiger partial charge in [-0.25, -0.2) is 0 Å². The third kappa shape index (κ3) is 2.75. The van der Waals surface area contributed by atoms with Gasteiger partial charge in [0.2, 0.25) is 0 Å². The summed E-state index contributed by atoms with van der Waals surface area (Å²) in [4.78, 5) is 9.29. The Hall–Kier alpha value is -1.57. The van der Waals surface area contributed by atoms with Gasteiger partial charge in [-0.1, -0.05) is 0 Å². The van der Waals surface area contributed by atoms with Gasteiger partial charge in [0, 0.05) is 6.07 Å². The molecule has 0 bridgehead atoms. The van der Waals surface area contributed by atoms with E-state index in [1.807, 2.05) is 0 Å². The fourth-order valence-electron chi connectivity index (χ4n) is 0.603. The Labute approximate surface area is 73.2 Å². The summed E-state index contributed by atoms with van der Waals surface area (Å²) in [5.41, 5.74) is 0. The third-order valence-corrected chi connectivity index (χ3v) is 1.45.